The summed E-state index contributed by atoms with van der Waals surface area (Å²) in [6.45, 7) is 1.68. The molecule has 0 aliphatic carbocycles. The molecule has 1 atom stereocenters. The Morgan fingerprint density at radius 3 is 2.58 bits per heavy atom. The maximum Gasteiger partial charge on any atom is 0.130 e. The van der Waals surface area contributed by atoms with E-state index in [-0.39, 0.29) is 6.04 Å². The molecule has 4 heteroatoms. The predicted octanol–water partition coefficient (Wildman–Crippen LogP) is 2.77. The Morgan fingerprint density at radius 2 is 2.08 bits per heavy atom. The number of benzene rings is 1. The van der Waals surface area contributed by atoms with Gasteiger partial charge in [-0.3, -0.25) is 0 Å². The largest absolute Gasteiger partial charge is 0.226 e. The number of nitrogens with one attached hydrogen (secondary N) is 1. The monoisotopic (exact) mass is 191 g/mol. The maximum atomic E-state index is 12.9. The van der Waals surface area contributed by atoms with Crippen molar-refractivity contribution < 1.29 is 8.78 Å². The molecule has 0 radical (unpaired) electrons. The summed E-state index contributed by atoms with van der Waals surface area (Å²) in [6, 6.07) is 3.07. The van der Waals surface area contributed by atoms with E-state index in [2.05, 4.69) is 4.84 Å². The lowest BCUT2D eigenvalue weighted by atomic mass is 10.1. The highest BCUT2D eigenvalue weighted by atomic mass is 35.5. The zero-order valence-electron chi connectivity index (χ0n) is 6.44. The van der Waals surface area contributed by atoms with Gasteiger partial charge >= 0.3 is 0 Å². The summed E-state index contributed by atoms with van der Waals surface area (Å²) in [7, 11) is 0. The second kappa shape index (κ2) is 3.83. The van der Waals surface area contributed by atoms with Gasteiger partial charge in [-0.15, -0.1) is 0 Å². The average molecular weight is 192 g/mol. The van der Waals surface area contributed by atoms with Crippen molar-refractivity contribution >= 4 is 11.8 Å². The highest BCUT2D eigenvalue weighted by Gasteiger charge is 2.09. The molecule has 0 saturated heterocycles. The number of rotatable bonds is 2. The van der Waals surface area contributed by atoms with Gasteiger partial charge in [0.25, 0.3) is 0 Å². The first kappa shape index (κ1) is 9.42. The zero-order valence-corrected chi connectivity index (χ0v) is 7.20. The lowest BCUT2D eigenvalue weighted by molar-refractivity contribution is 0.556. The molecule has 0 heterocycles. The minimum atomic E-state index is -0.587. The maximum absolute atomic E-state index is 12.9. The van der Waals surface area contributed by atoms with Gasteiger partial charge in [-0.2, -0.15) is 0 Å². The molecule has 0 spiro atoms. The van der Waals surface area contributed by atoms with Crippen molar-refractivity contribution in [1.82, 2.24) is 4.84 Å². The molecule has 1 N–H and O–H groups in total. The van der Waals surface area contributed by atoms with Gasteiger partial charge in [-0.25, -0.2) is 13.6 Å². The third kappa shape index (κ3) is 1.93. The highest BCUT2D eigenvalue weighted by molar-refractivity contribution is 6.13. The van der Waals surface area contributed by atoms with E-state index in [1.807, 2.05) is 0 Å². The topological polar surface area (TPSA) is 12.0 Å². The van der Waals surface area contributed by atoms with Crippen LogP contribution in [0.3, 0.4) is 0 Å². The summed E-state index contributed by atoms with van der Waals surface area (Å²) in [5.74, 6) is -1.17. The molecule has 0 fully saturated rings. The lowest BCUT2D eigenvalue weighted by Gasteiger charge is -2.09. The van der Waals surface area contributed by atoms with Gasteiger partial charge in [0.05, 0.1) is 0 Å². The van der Waals surface area contributed by atoms with E-state index < -0.39 is 11.6 Å². The molecule has 1 aromatic rings. The van der Waals surface area contributed by atoms with Crippen LogP contribution in [-0.2, 0) is 0 Å². The van der Waals surface area contributed by atoms with Crippen LogP contribution in [0.1, 0.15) is 18.5 Å². The van der Waals surface area contributed by atoms with Crippen molar-refractivity contribution in [3.63, 3.8) is 0 Å². The highest BCUT2D eigenvalue weighted by Crippen LogP contribution is 2.17. The molecule has 0 amide bonds. The standard InChI is InChI=1S/C8H8ClF2N/c1-5(12-9)7-3-2-6(10)4-8(7)11/h2-5,12H,1H3/t5-/m0/s1. The van der Waals surface area contributed by atoms with Crippen LogP contribution in [0, 0.1) is 11.6 Å². The average Bonchev–Trinajstić information content (AvgIpc) is 2.03. The van der Waals surface area contributed by atoms with Gasteiger partial charge in [0.2, 0.25) is 0 Å². The lowest BCUT2D eigenvalue weighted by Crippen LogP contribution is -2.08. The molecule has 1 nitrogen and oxygen atoms in total. The first-order valence-corrected chi connectivity index (χ1v) is 3.84. The van der Waals surface area contributed by atoms with Crippen LogP contribution in [0.25, 0.3) is 0 Å². The van der Waals surface area contributed by atoms with Crippen molar-refractivity contribution in [1.29, 1.82) is 0 Å². The number of hydrogen-bond donors (Lipinski definition) is 1. The summed E-state index contributed by atoms with van der Waals surface area (Å²) >= 11 is 5.29. The molecule has 1 aromatic carbocycles. The molecule has 0 bridgehead atoms. The van der Waals surface area contributed by atoms with Crippen LogP contribution in [0.4, 0.5) is 8.78 Å². The van der Waals surface area contributed by atoms with Gasteiger partial charge < -0.3 is 0 Å². The SMILES string of the molecule is C[C@H](NCl)c1ccc(F)cc1F. The Hall–Kier alpha value is -0.670. The van der Waals surface area contributed by atoms with Crippen LogP contribution in [0.2, 0.25) is 0 Å². The summed E-state index contributed by atoms with van der Waals surface area (Å²) < 4.78 is 25.4. The molecule has 66 valence electrons. The normalized spacial score (nSPS) is 13.0. The molecule has 0 saturated carbocycles. The van der Waals surface area contributed by atoms with Gasteiger partial charge in [0, 0.05) is 17.7 Å². The fourth-order valence-corrected chi connectivity index (χ4v) is 1.03. The minimum Gasteiger partial charge on any atom is -0.226 e. The van der Waals surface area contributed by atoms with Crippen LogP contribution in [0.15, 0.2) is 18.2 Å². The Bertz CT molecular complexity index is 278. The van der Waals surface area contributed by atoms with Crippen LogP contribution in [0.5, 0.6) is 0 Å². The first-order chi connectivity index (χ1) is 5.65. The van der Waals surface area contributed by atoms with Gasteiger partial charge in [-0.05, 0) is 24.8 Å². The van der Waals surface area contributed by atoms with Gasteiger partial charge in [0.1, 0.15) is 11.6 Å². The van der Waals surface area contributed by atoms with Crippen LogP contribution < -0.4 is 4.84 Å². The first-order valence-electron chi connectivity index (χ1n) is 3.46. The van der Waals surface area contributed by atoms with Gasteiger partial charge in [-0.1, -0.05) is 6.07 Å². The van der Waals surface area contributed by atoms with Crippen molar-refractivity contribution in [2.75, 3.05) is 0 Å². The van der Waals surface area contributed by atoms with Crippen molar-refractivity contribution in [3.05, 3.63) is 35.4 Å². The molecular formula is C8H8ClF2N. The van der Waals surface area contributed by atoms with E-state index in [4.69, 9.17) is 11.8 Å². The van der Waals surface area contributed by atoms with E-state index >= 15 is 0 Å². The second-order valence-electron chi connectivity index (χ2n) is 2.50. The fourth-order valence-electron chi connectivity index (χ4n) is 0.911. The van der Waals surface area contributed by atoms with Crippen molar-refractivity contribution in [2.45, 2.75) is 13.0 Å². The van der Waals surface area contributed by atoms with E-state index in [1.165, 1.54) is 12.1 Å². The molecule has 0 aliphatic heterocycles. The molecule has 0 aliphatic rings. The zero-order chi connectivity index (χ0) is 9.14. The smallest absolute Gasteiger partial charge is 0.130 e. The summed E-state index contributed by atoms with van der Waals surface area (Å²) in [5, 5.41) is 0. The Labute approximate surface area is 74.5 Å². The fraction of sp³-hybridized carbons (Fsp3) is 0.250. The Kier molecular flexibility index (Phi) is 3.00. The third-order valence-electron chi connectivity index (χ3n) is 1.59. The molecule has 0 unspecified atom stereocenters. The molecule has 1 rings (SSSR count). The van der Waals surface area contributed by atoms with E-state index in [0.29, 0.717) is 5.56 Å². The van der Waals surface area contributed by atoms with Crippen molar-refractivity contribution in [3.8, 4) is 0 Å². The predicted molar refractivity (Wildman–Crippen MR) is 43.8 cm³/mol. The molecular weight excluding hydrogens is 184 g/mol. The molecule has 12 heavy (non-hydrogen) atoms. The minimum absolute atomic E-state index is 0.327. The second-order valence-corrected chi connectivity index (χ2v) is 2.71. The molecule has 0 aromatic heterocycles. The van der Waals surface area contributed by atoms with Crippen LogP contribution >= 0.6 is 11.8 Å². The van der Waals surface area contributed by atoms with Gasteiger partial charge in [0.15, 0.2) is 0 Å². The number of hydrogen-bond acceptors (Lipinski definition) is 1. The Morgan fingerprint density at radius 1 is 1.42 bits per heavy atom. The quantitative estimate of drug-likeness (QED) is 0.709. The number of halogens is 3. The van der Waals surface area contributed by atoms with Crippen molar-refractivity contribution in [2.24, 2.45) is 0 Å². The van der Waals surface area contributed by atoms with E-state index in [0.717, 1.165) is 6.07 Å². The summed E-state index contributed by atoms with van der Waals surface area (Å²) in [5.41, 5.74) is 0.353. The Balaban J connectivity index is 3.01. The van der Waals surface area contributed by atoms with E-state index in [1.54, 1.807) is 6.92 Å². The third-order valence-corrected chi connectivity index (χ3v) is 1.92. The van der Waals surface area contributed by atoms with Crippen LogP contribution in [-0.4, -0.2) is 0 Å². The van der Waals surface area contributed by atoms with E-state index in [9.17, 15) is 8.78 Å². The summed E-state index contributed by atoms with van der Waals surface area (Å²) in [4.78, 5) is 2.35. The summed E-state index contributed by atoms with van der Waals surface area (Å²) in [6.07, 6.45) is 0.